The molecule has 2 aromatic rings. The summed E-state index contributed by atoms with van der Waals surface area (Å²) in [6.45, 7) is 8.24. The van der Waals surface area contributed by atoms with Crippen LogP contribution in [0.1, 0.15) is 29.5 Å². The Labute approximate surface area is 113 Å². The lowest BCUT2D eigenvalue weighted by molar-refractivity contribution is 0.256. The fraction of sp³-hybridized carbons (Fsp3) is 0.400. The predicted octanol–water partition coefficient (Wildman–Crippen LogP) is 2.98. The summed E-state index contributed by atoms with van der Waals surface area (Å²) in [5.74, 6) is 1.49. The van der Waals surface area contributed by atoms with Crippen molar-refractivity contribution in [2.45, 2.75) is 33.9 Å². The summed E-state index contributed by atoms with van der Waals surface area (Å²) in [6, 6.07) is 5.83. The van der Waals surface area contributed by atoms with E-state index in [-0.39, 0.29) is 0 Å². The van der Waals surface area contributed by atoms with E-state index in [9.17, 15) is 0 Å². The second-order valence-electron chi connectivity index (χ2n) is 4.51. The van der Waals surface area contributed by atoms with Gasteiger partial charge in [-0.15, -0.1) is 0 Å². The van der Waals surface area contributed by atoms with Gasteiger partial charge >= 0.3 is 0 Å². The van der Waals surface area contributed by atoms with Crippen molar-refractivity contribution < 1.29 is 9.15 Å². The molecule has 0 aromatic carbocycles. The molecule has 2 heterocycles. The average molecular weight is 260 g/mol. The Morgan fingerprint density at radius 3 is 2.89 bits per heavy atom. The lowest BCUT2D eigenvalue weighted by Crippen LogP contribution is -2.15. The van der Waals surface area contributed by atoms with Gasteiger partial charge in [0.15, 0.2) is 0 Å². The molecule has 0 atom stereocenters. The third-order valence-electron chi connectivity index (χ3n) is 2.92. The maximum Gasteiger partial charge on any atom is 0.218 e. The van der Waals surface area contributed by atoms with Crippen molar-refractivity contribution in [3.63, 3.8) is 0 Å². The highest BCUT2D eigenvalue weighted by molar-refractivity contribution is 5.35. The van der Waals surface area contributed by atoms with E-state index in [1.165, 1.54) is 5.56 Å². The first-order valence-corrected chi connectivity index (χ1v) is 6.53. The molecule has 4 nitrogen and oxygen atoms in total. The van der Waals surface area contributed by atoms with E-state index in [2.05, 4.69) is 30.2 Å². The third kappa shape index (κ3) is 3.58. The van der Waals surface area contributed by atoms with Gasteiger partial charge in [0.25, 0.3) is 0 Å². The molecular weight excluding hydrogens is 240 g/mol. The summed E-state index contributed by atoms with van der Waals surface area (Å²) in [4.78, 5) is 4.48. The van der Waals surface area contributed by atoms with Gasteiger partial charge in [0.05, 0.1) is 6.26 Å². The van der Waals surface area contributed by atoms with Crippen LogP contribution >= 0.6 is 0 Å². The van der Waals surface area contributed by atoms with Gasteiger partial charge in [-0.05, 0) is 44.2 Å². The minimum absolute atomic E-state index is 0.405. The number of furan rings is 1. The lowest BCUT2D eigenvalue weighted by Gasteiger charge is -2.13. The number of nitrogens with zero attached hydrogens (tertiary/aromatic N) is 1. The minimum atomic E-state index is 0.405. The SMILES string of the molecule is CCNCc1c(C)cc(C)nc1OCc1ccco1. The number of hydrogen-bond acceptors (Lipinski definition) is 4. The smallest absolute Gasteiger partial charge is 0.218 e. The van der Waals surface area contributed by atoms with Crippen molar-refractivity contribution in [1.29, 1.82) is 0 Å². The highest BCUT2D eigenvalue weighted by Gasteiger charge is 2.10. The lowest BCUT2D eigenvalue weighted by atomic mass is 10.1. The molecule has 0 bridgehead atoms. The molecular formula is C15H20N2O2. The molecule has 0 aliphatic rings. The van der Waals surface area contributed by atoms with Crippen molar-refractivity contribution in [2.75, 3.05) is 6.54 Å². The number of hydrogen-bond donors (Lipinski definition) is 1. The van der Waals surface area contributed by atoms with E-state index in [0.29, 0.717) is 12.5 Å². The van der Waals surface area contributed by atoms with Gasteiger partial charge < -0.3 is 14.5 Å². The third-order valence-corrected chi connectivity index (χ3v) is 2.92. The molecule has 0 spiro atoms. The Balaban J connectivity index is 2.16. The standard InChI is InChI=1S/C15H20N2O2/c1-4-16-9-14-11(2)8-12(3)17-15(14)19-10-13-6-5-7-18-13/h5-8,16H,4,9-10H2,1-3H3. The van der Waals surface area contributed by atoms with Crippen molar-refractivity contribution in [2.24, 2.45) is 0 Å². The van der Waals surface area contributed by atoms with Gasteiger partial charge in [0.1, 0.15) is 12.4 Å². The molecule has 0 saturated carbocycles. The maximum absolute atomic E-state index is 5.80. The Bertz CT molecular complexity index is 521. The molecule has 1 N–H and O–H groups in total. The summed E-state index contributed by atoms with van der Waals surface area (Å²) < 4.78 is 11.1. The highest BCUT2D eigenvalue weighted by Crippen LogP contribution is 2.22. The first-order valence-electron chi connectivity index (χ1n) is 6.53. The fourth-order valence-corrected chi connectivity index (χ4v) is 1.95. The number of aromatic nitrogens is 1. The molecule has 2 rings (SSSR count). The van der Waals surface area contributed by atoms with E-state index in [4.69, 9.17) is 9.15 Å². The second kappa shape index (κ2) is 6.38. The van der Waals surface area contributed by atoms with Gasteiger partial charge in [-0.3, -0.25) is 0 Å². The summed E-state index contributed by atoms with van der Waals surface area (Å²) in [5, 5.41) is 3.31. The molecule has 102 valence electrons. The molecule has 0 fully saturated rings. The van der Waals surface area contributed by atoms with Crippen LogP contribution in [0.5, 0.6) is 5.88 Å². The van der Waals surface area contributed by atoms with Gasteiger partial charge in [-0.1, -0.05) is 6.92 Å². The van der Waals surface area contributed by atoms with Crippen LogP contribution in [0.25, 0.3) is 0 Å². The fourth-order valence-electron chi connectivity index (χ4n) is 1.95. The molecule has 2 aromatic heterocycles. The van der Waals surface area contributed by atoms with Crippen molar-refractivity contribution in [3.8, 4) is 5.88 Å². The monoisotopic (exact) mass is 260 g/mol. The van der Waals surface area contributed by atoms with E-state index < -0.39 is 0 Å². The number of rotatable bonds is 6. The zero-order valence-electron chi connectivity index (χ0n) is 11.7. The van der Waals surface area contributed by atoms with Crippen LogP contribution in [0.2, 0.25) is 0 Å². The van der Waals surface area contributed by atoms with Crippen molar-refractivity contribution in [3.05, 3.63) is 47.0 Å². The number of ether oxygens (including phenoxy) is 1. The van der Waals surface area contributed by atoms with Crippen molar-refractivity contribution in [1.82, 2.24) is 10.3 Å². The average Bonchev–Trinajstić information content (AvgIpc) is 2.88. The van der Waals surface area contributed by atoms with Gasteiger partial charge in [0.2, 0.25) is 5.88 Å². The van der Waals surface area contributed by atoms with Crippen LogP contribution < -0.4 is 10.1 Å². The highest BCUT2D eigenvalue weighted by atomic mass is 16.5. The molecule has 0 radical (unpaired) electrons. The maximum atomic E-state index is 5.80. The van der Waals surface area contributed by atoms with Crippen LogP contribution in [0.15, 0.2) is 28.9 Å². The first-order chi connectivity index (χ1) is 9.20. The normalized spacial score (nSPS) is 10.7. The second-order valence-corrected chi connectivity index (χ2v) is 4.51. The summed E-state index contributed by atoms with van der Waals surface area (Å²) in [7, 11) is 0. The topological polar surface area (TPSA) is 47.3 Å². The Morgan fingerprint density at radius 2 is 2.21 bits per heavy atom. The van der Waals surface area contributed by atoms with Gasteiger partial charge in [-0.2, -0.15) is 0 Å². The number of pyridine rings is 1. The van der Waals surface area contributed by atoms with E-state index in [0.717, 1.165) is 30.1 Å². The zero-order valence-corrected chi connectivity index (χ0v) is 11.7. The summed E-state index contributed by atoms with van der Waals surface area (Å²) in [6.07, 6.45) is 1.65. The number of aryl methyl sites for hydroxylation is 2. The molecule has 0 aliphatic heterocycles. The molecule has 0 aliphatic carbocycles. The molecule has 4 heteroatoms. The minimum Gasteiger partial charge on any atom is -0.469 e. The predicted molar refractivity (Wildman–Crippen MR) is 74.1 cm³/mol. The number of nitrogens with one attached hydrogen (secondary N) is 1. The summed E-state index contributed by atoms with van der Waals surface area (Å²) >= 11 is 0. The van der Waals surface area contributed by atoms with Crippen LogP contribution in [0, 0.1) is 13.8 Å². The molecule has 0 amide bonds. The van der Waals surface area contributed by atoms with E-state index >= 15 is 0 Å². The van der Waals surface area contributed by atoms with Crippen LogP contribution in [-0.4, -0.2) is 11.5 Å². The Morgan fingerprint density at radius 1 is 1.37 bits per heavy atom. The van der Waals surface area contributed by atoms with Crippen molar-refractivity contribution >= 4 is 0 Å². The molecule has 0 unspecified atom stereocenters. The van der Waals surface area contributed by atoms with Crippen LogP contribution in [0.4, 0.5) is 0 Å². The Hall–Kier alpha value is -1.81. The van der Waals surface area contributed by atoms with Crippen LogP contribution in [-0.2, 0) is 13.2 Å². The van der Waals surface area contributed by atoms with Gasteiger partial charge in [-0.25, -0.2) is 4.98 Å². The quantitative estimate of drug-likeness (QED) is 0.867. The zero-order chi connectivity index (χ0) is 13.7. The largest absolute Gasteiger partial charge is 0.469 e. The van der Waals surface area contributed by atoms with E-state index in [1.807, 2.05) is 19.1 Å². The Kier molecular flexibility index (Phi) is 4.58. The first kappa shape index (κ1) is 13.6. The molecule has 0 saturated heterocycles. The molecule has 19 heavy (non-hydrogen) atoms. The van der Waals surface area contributed by atoms with E-state index in [1.54, 1.807) is 6.26 Å². The van der Waals surface area contributed by atoms with Gasteiger partial charge in [0, 0.05) is 17.8 Å². The summed E-state index contributed by atoms with van der Waals surface area (Å²) in [5.41, 5.74) is 3.27. The van der Waals surface area contributed by atoms with Crippen LogP contribution in [0.3, 0.4) is 0 Å².